The van der Waals surface area contributed by atoms with Gasteiger partial charge in [-0.15, -0.1) is 0 Å². The molecular weight excluding hydrogens is 462 g/mol. The molecule has 1 heterocycles. The molecule has 2 N–H and O–H groups in total. The maximum Gasteiger partial charge on any atom is 0.256 e. The third-order valence-corrected chi connectivity index (χ3v) is 6.97. The Balaban J connectivity index is 1.28. The van der Waals surface area contributed by atoms with Crippen molar-refractivity contribution in [3.8, 4) is 0 Å². The van der Waals surface area contributed by atoms with Crippen molar-refractivity contribution in [3.05, 3.63) is 108 Å². The molecule has 1 atom stereocenters. The van der Waals surface area contributed by atoms with Crippen LogP contribution in [0.2, 0.25) is 0 Å². The van der Waals surface area contributed by atoms with Crippen LogP contribution < -0.4 is 10.6 Å². The smallest absolute Gasteiger partial charge is 0.256 e. The first-order chi connectivity index (χ1) is 18.0. The van der Waals surface area contributed by atoms with E-state index in [4.69, 9.17) is 0 Å². The molecule has 0 bridgehead atoms. The molecule has 6 heteroatoms. The van der Waals surface area contributed by atoms with Gasteiger partial charge in [-0.05, 0) is 66.4 Å². The summed E-state index contributed by atoms with van der Waals surface area (Å²) >= 11 is 0. The van der Waals surface area contributed by atoms with Crippen LogP contribution in [0.25, 0.3) is 10.8 Å². The second-order valence-electron chi connectivity index (χ2n) is 9.40. The topological polar surface area (TPSA) is 78.5 Å². The number of carbonyl (C=O) groups is 3. The molecule has 186 valence electrons. The normalized spacial score (nSPS) is 15.3. The standard InChI is InChI=1S/C31H29N3O3/c1-21-25(30(36)32-24-13-3-2-4-14-24)16-8-18-28(21)33-29(35)23-12-9-19-34(20-23)31(37)27-17-7-11-22-10-5-6-15-26(22)27/h2-8,10-11,13-18,23H,9,12,19-20H2,1H3,(H,32,36)(H,33,35). The van der Waals surface area contributed by atoms with E-state index in [2.05, 4.69) is 10.6 Å². The summed E-state index contributed by atoms with van der Waals surface area (Å²) < 4.78 is 0. The van der Waals surface area contributed by atoms with Crippen LogP contribution in [0.5, 0.6) is 0 Å². The number of benzene rings is 4. The minimum absolute atomic E-state index is 0.0509. The van der Waals surface area contributed by atoms with Crippen molar-refractivity contribution in [1.82, 2.24) is 4.90 Å². The molecule has 0 saturated carbocycles. The van der Waals surface area contributed by atoms with E-state index >= 15 is 0 Å². The molecule has 37 heavy (non-hydrogen) atoms. The minimum Gasteiger partial charge on any atom is -0.338 e. The van der Waals surface area contributed by atoms with E-state index in [1.807, 2.05) is 79.7 Å². The van der Waals surface area contributed by atoms with Crippen LogP contribution in [-0.2, 0) is 4.79 Å². The van der Waals surface area contributed by atoms with Crippen LogP contribution in [0.4, 0.5) is 11.4 Å². The van der Waals surface area contributed by atoms with E-state index in [0.29, 0.717) is 47.6 Å². The van der Waals surface area contributed by atoms with E-state index in [9.17, 15) is 14.4 Å². The van der Waals surface area contributed by atoms with E-state index in [-0.39, 0.29) is 23.6 Å². The lowest BCUT2D eigenvalue weighted by molar-refractivity contribution is -0.121. The number of para-hydroxylation sites is 1. The van der Waals surface area contributed by atoms with Crippen LogP contribution >= 0.6 is 0 Å². The molecule has 4 aromatic rings. The van der Waals surface area contributed by atoms with Gasteiger partial charge in [-0.1, -0.05) is 60.7 Å². The third-order valence-electron chi connectivity index (χ3n) is 6.97. The van der Waals surface area contributed by atoms with Crippen molar-refractivity contribution < 1.29 is 14.4 Å². The highest BCUT2D eigenvalue weighted by atomic mass is 16.2. The first-order valence-corrected chi connectivity index (χ1v) is 12.5. The number of likely N-dealkylation sites (tertiary alicyclic amines) is 1. The Morgan fingerprint density at radius 1 is 0.784 bits per heavy atom. The molecule has 1 unspecified atom stereocenters. The number of fused-ring (bicyclic) bond motifs is 1. The van der Waals surface area contributed by atoms with Gasteiger partial charge in [0.25, 0.3) is 11.8 Å². The Morgan fingerprint density at radius 2 is 1.49 bits per heavy atom. The van der Waals surface area contributed by atoms with Crippen molar-refractivity contribution >= 4 is 39.9 Å². The number of hydrogen-bond donors (Lipinski definition) is 2. The van der Waals surface area contributed by atoms with Crippen LogP contribution in [0.1, 0.15) is 39.1 Å². The molecule has 3 amide bonds. The number of nitrogens with one attached hydrogen (secondary N) is 2. The van der Waals surface area contributed by atoms with Gasteiger partial charge in [-0.2, -0.15) is 0 Å². The summed E-state index contributed by atoms with van der Waals surface area (Å²) in [6, 6.07) is 28.2. The van der Waals surface area contributed by atoms with Crippen molar-refractivity contribution in [1.29, 1.82) is 0 Å². The monoisotopic (exact) mass is 491 g/mol. The summed E-state index contributed by atoms with van der Waals surface area (Å²) in [4.78, 5) is 41.3. The molecule has 1 aliphatic heterocycles. The van der Waals surface area contributed by atoms with Gasteiger partial charge in [0.1, 0.15) is 0 Å². The Labute approximate surface area is 216 Å². The third kappa shape index (κ3) is 5.23. The maximum absolute atomic E-state index is 13.4. The molecule has 0 radical (unpaired) electrons. The van der Waals surface area contributed by atoms with Crippen LogP contribution in [0.15, 0.2) is 91.0 Å². The van der Waals surface area contributed by atoms with Crippen LogP contribution in [0.3, 0.4) is 0 Å². The number of piperidine rings is 1. The van der Waals surface area contributed by atoms with E-state index in [1.54, 1.807) is 23.1 Å². The molecule has 0 aromatic heterocycles. The van der Waals surface area contributed by atoms with Gasteiger partial charge in [0.15, 0.2) is 0 Å². The summed E-state index contributed by atoms with van der Waals surface area (Å²) in [5.41, 5.74) is 3.16. The molecular formula is C31H29N3O3. The predicted octanol–water partition coefficient (Wildman–Crippen LogP) is 5.89. The van der Waals surface area contributed by atoms with E-state index in [0.717, 1.165) is 17.2 Å². The Morgan fingerprint density at radius 3 is 2.32 bits per heavy atom. The highest BCUT2D eigenvalue weighted by molar-refractivity contribution is 6.08. The van der Waals surface area contributed by atoms with Gasteiger partial charge in [-0.3, -0.25) is 14.4 Å². The second kappa shape index (κ2) is 10.7. The van der Waals surface area contributed by atoms with Gasteiger partial charge in [0.05, 0.1) is 5.92 Å². The van der Waals surface area contributed by atoms with Crippen molar-refractivity contribution in [2.24, 2.45) is 5.92 Å². The lowest BCUT2D eigenvalue weighted by Gasteiger charge is -2.32. The first-order valence-electron chi connectivity index (χ1n) is 12.5. The number of amides is 3. The zero-order valence-electron chi connectivity index (χ0n) is 20.7. The molecule has 1 fully saturated rings. The van der Waals surface area contributed by atoms with Crippen molar-refractivity contribution in [3.63, 3.8) is 0 Å². The zero-order chi connectivity index (χ0) is 25.8. The summed E-state index contributed by atoms with van der Waals surface area (Å²) in [6.07, 6.45) is 1.46. The summed E-state index contributed by atoms with van der Waals surface area (Å²) in [5, 5.41) is 7.84. The average Bonchev–Trinajstić information content (AvgIpc) is 2.94. The number of carbonyl (C=O) groups excluding carboxylic acids is 3. The summed E-state index contributed by atoms with van der Waals surface area (Å²) in [7, 11) is 0. The number of nitrogens with zero attached hydrogens (tertiary/aromatic N) is 1. The highest BCUT2D eigenvalue weighted by Crippen LogP contribution is 2.26. The fraction of sp³-hybridized carbons (Fsp3) is 0.194. The van der Waals surface area contributed by atoms with E-state index < -0.39 is 0 Å². The predicted molar refractivity (Wildman–Crippen MR) is 147 cm³/mol. The maximum atomic E-state index is 13.4. The van der Waals surface area contributed by atoms with Gasteiger partial charge in [0, 0.05) is 35.6 Å². The van der Waals surface area contributed by atoms with Crippen molar-refractivity contribution in [2.75, 3.05) is 23.7 Å². The summed E-state index contributed by atoms with van der Waals surface area (Å²) in [5.74, 6) is -0.748. The lowest BCUT2D eigenvalue weighted by Crippen LogP contribution is -2.43. The molecule has 1 saturated heterocycles. The van der Waals surface area contributed by atoms with Gasteiger partial charge >= 0.3 is 0 Å². The quantitative estimate of drug-likeness (QED) is 0.365. The Kier molecular flexibility index (Phi) is 6.99. The molecule has 6 nitrogen and oxygen atoms in total. The number of rotatable bonds is 5. The zero-order valence-corrected chi connectivity index (χ0v) is 20.7. The van der Waals surface area contributed by atoms with Gasteiger partial charge in [0.2, 0.25) is 5.91 Å². The lowest BCUT2D eigenvalue weighted by atomic mass is 9.95. The Bertz CT molecular complexity index is 1460. The largest absolute Gasteiger partial charge is 0.338 e. The summed E-state index contributed by atoms with van der Waals surface area (Å²) in [6.45, 7) is 2.81. The minimum atomic E-state index is -0.325. The van der Waals surface area contributed by atoms with Gasteiger partial charge in [-0.25, -0.2) is 0 Å². The fourth-order valence-corrected chi connectivity index (χ4v) is 4.93. The van der Waals surface area contributed by atoms with Crippen molar-refractivity contribution in [2.45, 2.75) is 19.8 Å². The van der Waals surface area contributed by atoms with Crippen LogP contribution in [0, 0.1) is 12.8 Å². The average molecular weight is 492 g/mol. The van der Waals surface area contributed by atoms with E-state index in [1.165, 1.54) is 0 Å². The molecule has 4 aromatic carbocycles. The Hall–Kier alpha value is -4.45. The van der Waals surface area contributed by atoms with Crippen LogP contribution in [-0.4, -0.2) is 35.7 Å². The number of anilines is 2. The number of hydrogen-bond acceptors (Lipinski definition) is 3. The second-order valence-corrected chi connectivity index (χ2v) is 9.40. The highest BCUT2D eigenvalue weighted by Gasteiger charge is 2.30. The molecule has 0 spiro atoms. The molecule has 0 aliphatic carbocycles. The SMILES string of the molecule is Cc1c(NC(=O)C2CCCN(C(=O)c3cccc4ccccc34)C2)cccc1C(=O)Nc1ccccc1. The fourth-order valence-electron chi connectivity index (χ4n) is 4.93. The molecule has 5 rings (SSSR count). The first kappa shape index (κ1) is 24.3. The molecule has 1 aliphatic rings. The van der Waals surface area contributed by atoms with Gasteiger partial charge < -0.3 is 15.5 Å².